The minimum atomic E-state index is -3.62. The molecule has 0 bridgehead atoms. The number of hydrogen-bond donors (Lipinski definition) is 1. The van der Waals surface area contributed by atoms with Crippen LogP contribution in [0.1, 0.15) is 23.6 Å². The molecule has 178 valence electrons. The minimum Gasteiger partial charge on any atom is -0.353 e. The largest absolute Gasteiger partial charge is 0.353 e. The molecule has 3 amide bonds. The second-order valence-electron chi connectivity index (χ2n) is 7.85. The highest BCUT2D eigenvalue weighted by atomic mass is 32.2. The third-order valence-corrected chi connectivity index (χ3v) is 8.46. The molecular weight excluding hydrogens is 476 g/mol. The van der Waals surface area contributed by atoms with Gasteiger partial charge in [-0.3, -0.25) is 24.3 Å². The number of imide groups is 1. The van der Waals surface area contributed by atoms with Gasteiger partial charge >= 0.3 is 0 Å². The standard InChI is InChI=1S/C23H24N4O5S2/c1-2-34(31,32)27-15-18-8-4-3-7-17(18)13-19(27)21(28)25-10-11-26-22(29)20(33-23(26)30)12-16-6-5-9-24-14-16/h3-9,12,14,19H,2,10-11,13,15H2,1H3,(H,25,28)/b20-12-. The molecule has 1 aromatic carbocycles. The first-order valence-electron chi connectivity index (χ1n) is 10.8. The Bertz CT molecular complexity index is 1250. The van der Waals surface area contributed by atoms with E-state index in [1.807, 2.05) is 24.3 Å². The maximum atomic E-state index is 13.0. The van der Waals surface area contributed by atoms with E-state index in [2.05, 4.69) is 10.3 Å². The van der Waals surface area contributed by atoms with Gasteiger partial charge < -0.3 is 5.32 Å². The lowest BCUT2D eigenvalue weighted by Gasteiger charge is -2.34. The number of thioether (sulfide) groups is 1. The Balaban J connectivity index is 1.41. The predicted octanol–water partition coefficient (Wildman–Crippen LogP) is 2.01. The molecule has 34 heavy (non-hydrogen) atoms. The van der Waals surface area contributed by atoms with Crippen LogP contribution in [0.4, 0.5) is 4.79 Å². The van der Waals surface area contributed by atoms with Crippen molar-refractivity contribution in [3.05, 3.63) is 70.4 Å². The van der Waals surface area contributed by atoms with Crippen molar-refractivity contribution in [1.29, 1.82) is 0 Å². The monoisotopic (exact) mass is 500 g/mol. The summed E-state index contributed by atoms with van der Waals surface area (Å²) in [6.07, 6.45) is 5.07. The summed E-state index contributed by atoms with van der Waals surface area (Å²) in [5.41, 5.74) is 2.51. The second-order valence-corrected chi connectivity index (χ2v) is 11.0. The van der Waals surface area contributed by atoms with Crippen molar-refractivity contribution in [3.63, 3.8) is 0 Å². The molecule has 1 aromatic heterocycles. The fourth-order valence-electron chi connectivity index (χ4n) is 3.89. The van der Waals surface area contributed by atoms with Crippen LogP contribution in [-0.4, -0.2) is 64.5 Å². The number of amides is 3. The van der Waals surface area contributed by atoms with Gasteiger partial charge in [0.2, 0.25) is 15.9 Å². The molecule has 0 saturated carbocycles. The molecule has 2 aliphatic heterocycles. The van der Waals surface area contributed by atoms with Crippen molar-refractivity contribution < 1.29 is 22.8 Å². The highest BCUT2D eigenvalue weighted by molar-refractivity contribution is 8.18. The van der Waals surface area contributed by atoms with E-state index in [1.165, 1.54) is 4.31 Å². The number of nitrogens with one attached hydrogen (secondary N) is 1. The zero-order valence-electron chi connectivity index (χ0n) is 18.5. The lowest BCUT2D eigenvalue weighted by atomic mass is 9.95. The van der Waals surface area contributed by atoms with E-state index in [9.17, 15) is 22.8 Å². The third-order valence-electron chi connectivity index (χ3n) is 5.72. The first kappa shape index (κ1) is 24.1. The Morgan fingerprint density at radius 3 is 2.68 bits per heavy atom. The summed E-state index contributed by atoms with van der Waals surface area (Å²) >= 11 is 0.833. The zero-order chi connectivity index (χ0) is 24.3. The lowest BCUT2D eigenvalue weighted by molar-refractivity contribution is -0.126. The first-order valence-corrected chi connectivity index (χ1v) is 13.2. The molecule has 1 unspecified atom stereocenters. The van der Waals surface area contributed by atoms with E-state index in [1.54, 1.807) is 37.5 Å². The lowest BCUT2D eigenvalue weighted by Crippen LogP contribution is -2.53. The van der Waals surface area contributed by atoms with E-state index in [0.29, 0.717) is 5.56 Å². The number of rotatable bonds is 7. The first-order chi connectivity index (χ1) is 16.3. The molecule has 11 heteroatoms. The summed E-state index contributed by atoms with van der Waals surface area (Å²) in [6, 6.07) is 10.1. The molecule has 0 spiro atoms. The summed E-state index contributed by atoms with van der Waals surface area (Å²) in [5, 5.41) is 2.29. The van der Waals surface area contributed by atoms with Gasteiger partial charge in [-0.25, -0.2) is 8.42 Å². The molecular formula is C23H24N4O5S2. The normalized spacial score (nSPS) is 20.0. The second kappa shape index (κ2) is 10.1. The Kier molecular flexibility index (Phi) is 7.15. The predicted molar refractivity (Wildman–Crippen MR) is 129 cm³/mol. The summed E-state index contributed by atoms with van der Waals surface area (Å²) in [5.74, 6) is -1.00. The maximum Gasteiger partial charge on any atom is 0.293 e. The van der Waals surface area contributed by atoms with Crippen LogP contribution < -0.4 is 5.32 Å². The van der Waals surface area contributed by atoms with Crippen LogP contribution in [0, 0.1) is 0 Å². The van der Waals surface area contributed by atoms with Crippen LogP contribution in [0.5, 0.6) is 0 Å². The number of carbonyl (C=O) groups excluding carboxylic acids is 3. The molecule has 1 fully saturated rings. The van der Waals surface area contributed by atoms with Gasteiger partial charge in [-0.1, -0.05) is 30.3 Å². The number of benzene rings is 1. The molecule has 0 radical (unpaired) electrons. The Labute approximate surface area is 202 Å². The summed E-state index contributed by atoms with van der Waals surface area (Å²) in [6.45, 7) is 1.69. The fraction of sp³-hybridized carbons (Fsp3) is 0.304. The van der Waals surface area contributed by atoms with E-state index < -0.39 is 33.1 Å². The van der Waals surface area contributed by atoms with Crippen LogP contribution in [0.3, 0.4) is 0 Å². The Hall–Kier alpha value is -3.02. The van der Waals surface area contributed by atoms with Crippen molar-refractivity contribution in [1.82, 2.24) is 19.5 Å². The molecule has 1 N–H and O–H groups in total. The average molecular weight is 501 g/mol. The maximum absolute atomic E-state index is 13.0. The number of pyridine rings is 1. The van der Waals surface area contributed by atoms with Crippen LogP contribution in [0.15, 0.2) is 53.7 Å². The van der Waals surface area contributed by atoms with E-state index >= 15 is 0 Å². The molecule has 4 rings (SSSR count). The van der Waals surface area contributed by atoms with Crippen LogP contribution >= 0.6 is 11.8 Å². The smallest absolute Gasteiger partial charge is 0.293 e. The van der Waals surface area contributed by atoms with Crippen molar-refractivity contribution in [2.24, 2.45) is 0 Å². The number of hydrogen-bond acceptors (Lipinski definition) is 7. The van der Waals surface area contributed by atoms with Gasteiger partial charge in [-0.2, -0.15) is 4.31 Å². The summed E-state index contributed by atoms with van der Waals surface area (Å²) in [7, 11) is -3.62. The van der Waals surface area contributed by atoms with Crippen LogP contribution in [0.25, 0.3) is 6.08 Å². The average Bonchev–Trinajstić information content (AvgIpc) is 3.11. The summed E-state index contributed by atoms with van der Waals surface area (Å²) < 4.78 is 26.6. The Morgan fingerprint density at radius 2 is 1.97 bits per heavy atom. The van der Waals surface area contributed by atoms with Crippen molar-refractivity contribution in [3.8, 4) is 0 Å². The molecule has 3 heterocycles. The zero-order valence-corrected chi connectivity index (χ0v) is 20.1. The molecule has 1 atom stereocenters. The third kappa shape index (κ3) is 5.06. The number of fused-ring (bicyclic) bond motifs is 1. The highest BCUT2D eigenvalue weighted by Gasteiger charge is 2.38. The molecule has 2 aliphatic rings. The number of aromatic nitrogens is 1. The summed E-state index contributed by atoms with van der Waals surface area (Å²) in [4.78, 5) is 43.3. The van der Waals surface area contributed by atoms with E-state index in [0.717, 1.165) is 27.8 Å². The molecule has 2 aromatic rings. The SMILES string of the molecule is CCS(=O)(=O)N1Cc2ccccc2CC1C(=O)NCCN1C(=O)S/C(=C\c2cccnc2)C1=O. The van der Waals surface area contributed by atoms with Crippen LogP contribution in [0.2, 0.25) is 0 Å². The van der Waals surface area contributed by atoms with Crippen molar-refractivity contribution in [2.75, 3.05) is 18.8 Å². The van der Waals surface area contributed by atoms with E-state index in [4.69, 9.17) is 0 Å². The molecule has 1 saturated heterocycles. The molecule has 9 nitrogen and oxygen atoms in total. The van der Waals surface area contributed by atoms with Gasteiger partial charge in [0.15, 0.2) is 0 Å². The number of carbonyl (C=O) groups is 3. The van der Waals surface area contributed by atoms with Crippen molar-refractivity contribution >= 4 is 44.9 Å². The number of sulfonamides is 1. The van der Waals surface area contributed by atoms with E-state index in [-0.39, 0.29) is 36.7 Å². The van der Waals surface area contributed by atoms with Gasteiger partial charge in [-0.15, -0.1) is 0 Å². The van der Waals surface area contributed by atoms with Gasteiger partial charge in [0, 0.05) is 32.0 Å². The van der Waals surface area contributed by atoms with Gasteiger partial charge in [0.1, 0.15) is 6.04 Å². The van der Waals surface area contributed by atoms with Crippen molar-refractivity contribution in [2.45, 2.75) is 25.9 Å². The van der Waals surface area contributed by atoms with Gasteiger partial charge in [-0.05, 0) is 53.9 Å². The topological polar surface area (TPSA) is 117 Å². The quantitative estimate of drug-likeness (QED) is 0.578. The van der Waals surface area contributed by atoms with Crippen LogP contribution in [-0.2, 0) is 32.6 Å². The molecule has 0 aliphatic carbocycles. The number of nitrogens with zero attached hydrogens (tertiary/aromatic N) is 3. The fourth-order valence-corrected chi connectivity index (χ4v) is 5.99. The Morgan fingerprint density at radius 1 is 1.21 bits per heavy atom. The minimum absolute atomic E-state index is 0.00930. The highest BCUT2D eigenvalue weighted by Crippen LogP contribution is 2.32. The van der Waals surface area contributed by atoms with Gasteiger partial charge in [0.05, 0.1) is 10.7 Å². The van der Waals surface area contributed by atoms with Gasteiger partial charge in [0.25, 0.3) is 11.1 Å².